The predicted octanol–water partition coefficient (Wildman–Crippen LogP) is -0.452. The summed E-state index contributed by atoms with van der Waals surface area (Å²) < 4.78 is 5.32. The fourth-order valence-corrected chi connectivity index (χ4v) is 1.28. The molecule has 1 rings (SSSR count). The molecule has 0 spiro atoms. The van der Waals surface area contributed by atoms with Crippen molar-refractivity contribution < 1.29 is 24.5 Å². The standard InChI is InChI=1S/C11H20N2O5/c14-9(10(15)16)3-4-12-11(17)13-5-6-18-7-8-1-2-8/h8-9,14H,1-7H2,(H,15,16)(H2,12,13,17). The monoisotopic (exact) mass is 260 g/mol. The molecule has 18 heavy (non-hydrogen) atoms. The Morgan fingerprint density at radius 1 is 1.28 bits per heavy atom. The van der Waals surface area contributed by atoms with Gasteiger partial charge in [-0.05, 0) is 18.8 Å². The lowest BCUT2D eigenvalue weighted by Crippen LogP contribution is -2.39. The number of carbonyl (C=O) groups excluding carboxylic acids is 1. The summed E-state index contributed by atoms with van der Waals surface area (Å²) in [6.07, 6.45) is 1.02. The van der Waals surface area contributed by atoms with E-state index >= 15 is 0 Å². The summed E-state index contributed by atoms with van der Waals surface area (Å²) >= 11 is 0. The van der Waals surface area contributed by atoms with Gasteiger partial charge in [-0.1, -0.05) is 0 Å². The van der Waals surface area contributed by atoms with Crippen LogP contribution in [0.2, 0.25) is 0 Å². The molecule has 0 radical (unpaired) electrons. The van der Waals surface area contributed by atoms with Crippen LogP contribution in [-0.2, 0) is 9.53 Å². The zero-order valence-corrected chi connectivity index (χ0v) is 10.2. The summed E-state index contributed by atoms with van der Waals surface area (Å²) in [4.78, 5) is 21.5. The van der Waals surface area contributed by atoms with Crippen molar-refractivity contribution >= 4 is 12.0 Å². The topological polar surface area (TPSA) is 108 Å². The summed E-state index contributed by atoms with van der Waals surface area (Å²) in [5.41, 5.74) is 0. The second kappa shape index (κ2) is 7.88. The molecule has 1 fully saturated rings. The number of carbonyl (C=O) groups is 2. The molecule has 1 atom stereocenters. The van der Waals surface area contributed by atoms with Crippen molar-refractivity contribution in [3.05, 3.63) is 0 Å². The first-order chi connectivity index (χ1) is 8.59. The lowest BCUT2D eigenvalue weighted by Gasteiger charge is -2.09. The van der Waals surface area contributed by atoms with Crippen molar-refractivity contribution in [1.82, 2.24) is 10.6 Å². The van der Waals surface area contributed by atoms with Crippen LogP contribution in [-0.4, -0.2) is 54.6 Å². The Morgan fingerprint density at radius 2 is 1.94 bits per heavy atom. The molecule has 1 aliphatic carbocycles. The Bertz CT molecular complexity index is 281. The number of ether oxygens (including phenoxy) is 1. The molecule has 0 aromatic heterocycles. The molecule has 0 bridgehead atoms. The molecule has 104 valence electrons. The van der Waals surface area contributed by atoms with Gasteiger partial charge in [0, 0.05) is 26.1 Å². The van der Waals surface area contributed by atoms with Crippen LogP contribution in [0.5, 0.6) is 0 Å². The van der Waals surface area contributed by atoms with Gasteiger partial charge in [0.25, 0.3) is 0 Å². The van der Waals surface area contributed by atoms with Crippen LogP contribution < -0.4 is 10.6 Å². The molecule has 0 heterocycles. The minimum absolute atomic E-state index is 0.0130. The molecule has 2 amide bonds. The SMILES string of the molecule is O=C(NCCOCC1CC1)NCCC(O)C(=O)O. The molecular weight excluding hydrogens is 240 g/mol. The van der Waals surface area contributed by atoms with Crippen molar-refractivity contribution in [2.45, 2.75) is 25.4 Å². The van der Waals surface area contributed by atoms with E-state index in [0.29, 0.717) is 19.1 Å². The number of amides is 2. The summed E-state index contributed by atoms with van der Waals surface area (Å²) in [6.45, 7) is 1.76. The number of aliphatic hydroxyl groups excluding tert-OH is 1. The second-order valence-electron chi connectivity index (χ2n) is 4.34. The van der Waals surface area contributed by atoms with Gasteiger partial charge in [-0.2, -0.15) is 0 Å². The molecule has 1 unspecified atom stereocenters. The highest BCUT2D eigenvalue weighted by Gasteiger charge is 2.20. The number of carboxylic acid groups (broad SMARTS) is 1. The zero-order valence-electron chi connectivity index (χ0n) is 10.2. The Morgan fingerprint density at radius 3 is 2.56 bits per heavy atom. The quantitative estimate of drug-likeness (QED) is 0.420. The molecule has 7 nitrogen and oxygen atoms in total. The Hall–Kier alpha value is -1.34. The maximum absolute atomic E-state index is 11.2. The average molecular weight is 260 g/mol. The van der Waals surface area contributed by atoms with Crippen LogP contribution in [0.25, 0.3) is 0 Å². The van der Waals surface area contributed by atoms with Gasteiger partial charge < -0.3 is 25.6 Å². The second-order valence-corrected chi connectivity index (χ2v) is 4.34. The number of hydrogen-bond acceptors (Lipinski definition) is 4. The van der Waals surface area contributed by atoms with Gasteiger partial charge in [0.15, 0.2) is 6.10 Å². The van der Waals surface area contributed by atoms with E-state index in [2.05, 4.69) is 10.6 Å². The van der Waals surface area contributed by atoms with Crippen LogP contribution in [0.4, 0.5) is 4.79 Å². The number of nitrogens with one attached hydrogen (secondary N) is 2. The summed E-state index contributed by atoms with van der Waals surface area (Å²) in [7, 11) is 0. The molecule has 0 saturated heterocycles. The summed E-state index contributed by atoms with van der Waals surface area (Å²) in [6, 6.07) is -0.386. The van der Waals surface area contributed by atoms with E-state index in [0.717, 1.165) is 6.61 Å². The third kappa shape index (κ3) is 7.08. The number of aliphatic carboxylic acids is 1. The fraction of sp³-hybridized carbons (Fsp3) is 0.818. The molecule has 1 saturated carbocycles. The maximum atomic E-state index is 11.2. The Labute approximate surface area is 106 Å². The molecule has 7 heteroatoms. The summed E-state index contributed by atoms with van der Waals surface area (Å²) in [5, 5.41) is 22.4. The van der Waals surface area contributed by atoms with Gasteiger partial charge in [0.1, 0.15) is 0 Å². The number of urea groups is 1. The first-order valence-electron chi connectivity index (χ1n) is 6.10. The van der Waals surface area contributed by atoms with Crippen LogP contribution in [0, 0.1) is 5.92 Å². The Kier molecular flexibility index (Phi) is 6.45. The van der Waals surface area contributed by atoms with E-state index < -0.39 is 12.1 Å². The molecule has 4 N–H and O–H groups in total. The summed E-state index contributed by atoms with van der Waals surface area (Å²) in [5.74, 6) is -0.581. The fourth-order valence-electron chi connectivity index (χ4n) is 1.28. The number of carboxylic acids is 1. The van der Waals surface area contributed by atoms with Crippen molar-refractivity contribution in [2.24, 2.45) is 5.92 Å². The van der Waals surface area contributed by atoms with Crippen LogP contribution in [0.15, 0.2) is 0 Å². The number of hydrogen-bond donors (Lipinski definition) is 4. The lowest BCUT2D eigenvalue weighted by molar-refractivity contribution is -0.146. The van der Waals surface area contributed by atoms with Gasteiger partial charge in [0.05, 0.1) is 6.61 Å². The van der Waals surface area contributed by atoms with E-state index in [1.807, 2.05) is 0 Å². The highest BCUT2D eigenvalue weighted by atomic mass is 16.5. The average Bonchev–Trinajstić information content (AvgIpc) is 3.12. The van der Waals surface area contributed by atoms with Gasteiger partial charge in [-0.25, -0.2) is 9.59 Å². The van der Waals surface area contributed by atoms with Crippen LogP contribution in [0.3, 0.4) is 0 Å². The normalized spacial score (nSPS) is 16.1. The number of rotatable bonds is 9. The van der Waals surface area contributed by atoms with Gasteiger partial charge in [0.2, 0.25) is 0 Å². The van der Waals surface area contributed by atoms with E-state index in [4.69, 9.17) is 14.9 Å². The predicted molar refractivity (Wildman–Crippen MR) is 63.2 cm³/mol. The molecule has 0 aliphatic heterocycles. The zero-order chi connectivity index (χ0) is 13.4. The van der Waals surface area contributed by atoms with Gasteiger partial charge >= 0.3 is 12.0 Å². The first kappa shape index (κ1) is 14.7. The molecule has 0 aromatic rings. The highest BCUT2D eigenvalue weighted by molar-refractivity contribution is 5.74. The van der Waals surface area contributed by atoms with E-state index in [1.54, 1.807) is 0 Å². The third-order valence-electron chi connectivity index (χ3n) is 2.57. The highest BCUT2D eigenvalue weighted by Crippen LogP contribution is 2.28. The maximum Gasteiger partial charge on any atom is 0.332 e. The largest absolute Gasteiger partial charge is 0.479 e. The van der Waals surface area contributed by atoms with Crippen molar-refractivity contribution in [1.29, 1.82) is 0 Å². The van der Waals surface area contributed by atoms with Crippen molar-refractivity contribution in [2.75, 3.05) is 26.3 Å². The van der Waals surface area contributed by atoms with Crippen molar-refractivity contribution in [3.63, 3.8) is 0 Å². The third-order valence-corrected chi connectivity index (χ3v) is 2.57. The smallest absolute Gasteiger partial charge is 0.332 e. The Balaban J connectivity index is 1.88. The van der Waals surface area contributed by atoms with Crippen LogP contribution in [0.1, 0.15) is 19.3 Å². The minimum Gasteiger partial charge on any atom is -0.479 e. The first-order valence-corrected chi connectivity index (χ1v) is 6.10. The number of aliphatic hydroxyl groups is 1. The van der Waals surface area contributed by atoms with E-state index in [9.17, 15) is 9.59 Å². The van der Waals surface area contributed by atoms with E-state index in [-0.39, 0.29) is 19.0 Å². The van der Waals surface area contributed by atoms with E-state index in [1.165, 1.54) is 12.8 Å². The van der Waals surface area contributed by atoms with Gasteiger partial charge in [-0.3, -0.25) is 0 Å². The molecule has 0 aromatic carbocycles. The van der Waals surface area contributed by atoms with Crippen molar-refractivity contribution in [3.8, 4) is 0 Å². The molecule has 1 aliphatic rings. The molecular formula is C11H20N2O5. The van der Waals surface area contributed by atoms with Crippen LogP contribution >= 0.6 is 0 Å². The van der Waals surface area contributed by atoms with Gasteiger partial charge in [-0.15, -0.1) is 0 Å². The lowest BCUT2D eigenvalue weighted by atomic mass is 10.2. The minimum atomic E-state index is -1.44.